The van der Waals surface area contributed by atoms with Crippen LogP contribution < -0.4 is 0 Å². The van der Waals surface area contributed by atoms with Crippen LogP contribution in [0, 0.1) is 12.7 Å². The maximum atomic E-state index is 13.4. The van der Waals surface area contributed by atoms with Crippen molar-refractivity contribution >= 4 is 15.9 Å². The van der Waals surface area contributed by atoms with E-state index in [9.17, 15) is 9.50 Å². The predicted molar refractivity (Wildman–Crippen MR) is 69.3 cm³/mol. The summed E-state index contributed by atoms with van der Waals surface area (Å²) in [6.45, 7) is 1.70. The highest BCUT2D eigenvalue weighted by Crippen LogP contribution is 2.28. The van der Waals surface area contributed by atoms with Crippen LogP contribution in [0.15, 0.2) is 46.9 Å². The first-order chi connectivity index (χ1) is 8.09. The normalized spacial score (nSPS) is 12.5. The Labute approximate surface area is 108 Å². The topological polar surface area (TPSA) is 20.2 Å². The van der Waals surface area contributed by atoms with Crippen molar-refractivity contribution in [2.45, 2.75) is 13.0 Å². The van der Waals surface area contributed by atoms with Crippen LogP contribution in [-0.2, 0) is 0 Å². The molecule has 1 atom stereocenters. The third-order valence-corrected chi connectivity index (χ3v) is 3.43. The molecule has 88 valence electrons. The van der Waals surface area contributed by atoms with Crippen molar-refractivity contribution in [1.29, 1.82) is 0 Å². The summed E-state index contributed by atoms with van der Waals surface area (Å²) in [4.78, 5) is 0. The van der Waals surface area contributed by atoms with Crippen molar-refractivity contribution in [1.82, 2.24) is 0 Å². The molecule has 1 N–H and O–H groups in total. The van der Waals surface area contributed by atoms with Crippen LogP contribution in [0.1, 0.15) is 22.8 Å². The average Bonchev–Trinajstić information content (AvgIpc) is 2.32. The molecule has 0 saturated heterocycles. The van der Waals surface area contributed by atoms with E-state index in [0.29, 0.717) is 11.1 Å². The molecule has 0 spiro atoms. The standard InChI is InChI=1S/C14H12BrFO/c1-9-6-7-10(8-13(9)16)14(17)11-4-2-3-5-12(11)15/h2-8,14,17H,1H3/t14-/m0/s1. The second-order valence-corrected chi connectivity index (χ2v) is 4.79. The van der Waals surface area contributed by atoms with Crippen LogP contribution in [0.3, 0.4) is 0 Å². The third kappa shape index (κ3) is 2.56. The molecular formula is C14H12BrFO. The Morgan fingerprint density at radius 2 is 1.88 bits per heavy atom. The first-order valence-corrected chi connectivity index (χ1v) is 6.07. The lowest BCUT2D eigenvalue weighted by molar-refractivity contribution is 0.219. The van der Waals surface area contributed by atoms with Gasteiger partial charge in [0.2, 0.25) is 0 Å². The number of hydrogen-bond donors (Lipinski definition) is 1. The minimum Gasteiger partial charge on any atom is -0.384 e. The summed E-state index contributed by atoms with van der Waals surface area (Å²) in [6, 6.07) is 12.2. The predicted octanol–water partition coefficient (Wildman–Crippen LogP) is 3.98. The zero-order valence-electron chi connectivity index (χ0n) is 9.32. The van der Waals surface area contributed by atoms with Gasteiger partial charge in [0.15, 0.2) is 0 Å². The lowest BCUT2D eigenvalue weighted by Gasteiger charge is -2.13. The van der Waals surface area contributed by atoms with Crippen molar-refractivity contribution in [2.75, 3.05) is 0 Å². The molecule has 17 heavy (non-hydrogen) atoms. The van der Waals surface area contributed by atoms with Crippen molar-refractivity contribution in [3.63, 3.8) is 0 Å². The molecule has 0 heterocycles. The number of hydrogen-bond acceptors (Lipinski definition) is 1. The molecule has 0 aliphatic rings. The van der Waals surface area contributed by atoms with Crippen molar-refractivity contribution in [3.05, 3.63) is 69.4 Å². The number of halogens is 2. The summed E-state index contributed by atoms with van der Waals surface area (Å²) in [7, 11) is 0. The van der Waals surface area contributed by atoms with Gasteiger partial charge in [-0.2, -0.15) is 0 Å². The summed E-state index contributed by atoms with van der Waals surface area (Å²) in [5, 5.41) is 10.2. The molecule has 0 fully saturated rings. The van der Waals surface area contributed by atoms with Gasteiger partial charge >= 0.3 is 0 Å². The minimum absolute atomic E-state index is 0.298. The molecular weight excluding hydrogens is 283 g/mol. The van der Waals surface area contributed by atoms with E-state index in [1.54, 1.807) is 19.1 Å². The smallest absolute Gasteiger partial charge is 0.126 e. The van der Waals surface area contributed by atoms with E-state index in [4.69, 9.17) is 0 Å². The lowest BCUT2D eigenvalue weighted by atomic mass is 10.0. The molecule has 0 amide bonds. The molecule has 0 aromatic heterocycles. The van der Waals surface area contributed by atoms with Crippen LogP contribution in [0.5, 0.6) is 0 Å². The highest BCUT2D eigenvalue weighted by Gasteiger charge is 2.14. The van der Waals surface area contributed by atoms with Crippen molar-refractivity contribution in [3.8, 4) is 0 Å². The average molecular weight is 295 g/mol. The molecule has 0 unspecified atom stereocenters. The molecule has 0 radical (unpaired) electrons. The SMILES string of the molecule is Cc1ccc([C@H](O)c2ccccc2Br)cc1F. The van der Waals surface area contributed by atoms with Crippen LogP contribution in [0.25, 0.3) is 0 Å². The van der Waals surface area contributed by atoms with E-state index in [1.165, 1.54) is 6.07 Å². The van der Waals surface area contributed by atoms with E-state index in [1.807, 2.05) is 24.3 Å². The Bertz CT molecular complexity index is 539. The van der Waals surface area contributed by atoms with Gasteiger partial charge in [0.1, 0.15) is 11.9 Å². The van der Waals surface area contributed by atoms with E-state index in [2.05, 4.69) is 15.9 Å². The first-order valence-electron chi connectivity index (χ1n) is 5.28. The molecule has 2 aromatic carbocycles. The maximum absolute atomic E-state index is 13.4. The van der Waals surface area contributed by atoms with Crippen molar-refractivity contribution in [2.24, 2.45) is 0 Å². The second-order valence-electron chi connectivity index (χ2n) is 3.93. The van der Waals surface area contributed by atoms with E-state index in [0.717, 1.165) is 10.0 Å². The van der Waals surface area contributed by atoms with Gasteiger partial charge in [-0.25, -0.2) is 4.39 Å². The van der Waals surface area contributed by atoms with Crippen LogP contribution in [-0.4, -0.2) is 5.11 Å². The zero-order valence-corrected chi connectivity index (χ0v) is 10.9. The second kappa shape index (κ2) is 4.98. The third-order valence-electron chi connectivity index (χ3n) is 2.71. The molecule has 0 aliphatic carbocycles. The molecule has 0 bridgehead atoms. The summed E-state index contributed by atoms with van der Waals surface area (Å²) in [5.74, 6) is -0.298. The molecule has 1 nitrogen and oxygen atoms in total. The summed E-state index contributed by atoms with van der Waals surface area (Å²) < 4.78 is 14.2. The quantitative estimate of drug-likeness (QED) is 0.888. The van der Waals surface area contributed by atoms with Gasteiger partial charge in [-0.1, -0.05) is 46.3 Å². The van der Waals surface area contributed by atoms with Crippen molar-refractivity contribution < 1.29 is 9.50 Å². The fourth-order valence-corrected chi connectivity index (χ4v) is 2.16. The van der Waals surface area contributed by atoms with Gasteiger partial charge in [0.25, 0.3) is 0 Å². The van der Waals surface area contributed by atoms with Gasteiger partial charge in [-0.15, -0.1) is 0 Å². The Morgan fingerprint density at radius 1 is 1.18 bits per heavy atom. The Balaban J connectivity index is 2.40. The monoisotopic (exact) mass is 294 g/mol. The largest absolute Gasteiger partial charge is 0.384 e. The Kier molecular flexibility index (Phi) is 3.60. The number of benzene rings is 2. The van der Waals surface area contributed by atoms with E-state index < -0.39 is 6.10 Å². The van der Waals surface area contributed by atoms with Crippen LogP contribution in [0.2, 0.25) is 0 Å². The van der Waals surface area contributed by atoms with Gasteiger partial charge in [0, 0.05) is 4.47 Å². The van der Waals surface area contributed by atoms with Crippen LogP contribution >= 0.6 is 15.9 Å². The minimum atomic E-state index is -0.819. The Hall–Kier alpha value is -1.19. The summed E-state index contributed by atoms with van der Waals surface area (Å²) in [5.41, 5.74) is 1.86. The van der Waals surface area contributed by atoms with Gasteiger partial charge < -0.3 is 5.11 Å². The zero-order chi connectivity index (χ0) is 12.4. The number of aliphatic hydroxyl groups is 1. The fraction of sp³-hybridized carbons (Fsp3) is 0.143. The van der Waals surface area contributed by atoms with E-state index >= 15 is 0 Å². The van der Waals surface area contributed by atoms with Gasteiger partial charge in [0.05, 0.1) is 0 Å². The number of aryl methyl sites for hydroxylation is 1. The highest BCUT2D eigenvalue weighted by molar-refractivity contribution is 9.10. The molecule has 0 saturated carbocycles. The highest BCUT2D eigenvalue weighted by atomic mass is 79.9. The Morgan fingerprint density at radius 3 is 2.53 bits per heavy atom. The first kappa shape index (κ1) is 12.3. The van der Waals surface area contributed by atoms with E-state index in [-0.39, 0.29) is 5.82 Å². The molecule has 2 rings (SSSR count). The molecule has 3 heteroatoms. The number of rotatable bonds is 2. The van der Waals surface area contributed by atoms with Gasteiger partial charge in [-0.3, -0.25) is 0 Å². The maximum Gasteiger partial charge on any atom is 0.126 e. The van der Waals surface area contributed by atoms with Gasteiger partial charge in [-0.05, 0) is 35.7 Å². The number of aliphatic hydroxyl groups excluding tert-OH is 1. The fourth-order valence-electron chi connectivity index (χ4n) is 1.66. The summed E-state index contributed by atoms with van der Waals surface area (Å²) >= 11 is 3.37. The molecule has 2 aromatic rings. The van der Waals surface area contributed by atoms with Crippen LogP contribution in [0.4, 0.5) is 4.39 Å². The summed E-state index contributed by atoms with van der Waals surface area (Å²) in [6.07, 6.45) is -0.819. The molecule has 0 aliphatic heterocycles. The lowest BCUT2D eigenvalue weighted by Crippen LogP contribution is -2.01.